The van der Waals surface area contributed by atoms with Crippen LogP contribution in [-0.4, -0.2) is 79.9 Å². The van der Waals surface area contributed by atoms with E-state index >= 15 is 4.39 Å². The number of benzene rings is 1. The first kappa shape index (κ1) is 33.0. The molecule has 0 radical (unpaired) electrons. The van der Waals surface area contributed by atoms with Gasteiger partial charge >= 0.3 is 13.2 Å². The number of likely N-dealkylation sites (tertiary alicyclic amines) is 1. The first-order chi connectivity index (χ1) is 22.0. The first-order valence-electron chi connectivity index (χ1n) is 15.7. The molecule has 0 bridgehead atoms. The zero-order valence-electron chi connectivity index (χ0n) is 28.0. The van der Waals surface area contributed by atoms with Crippen LogP contribution in [-0.2, 0) is 21.1 Å². The number of carbonyl (C=O) groups is 2. The Hall–Kier alpha value is -3.88. The van der Waals surface area contributed by atoms with Crippen molar-refractivity contribution in [3.05, 3.63) is 54.1 Å². The van der Waals surface area contributed by atoms with Crippen LogP contribution in [0.1, 0.15) is 71.7 Å². The maximum Gasteiger partial charge on any atom is 0.505 e. The fourth-order valence-electron chi connectivity index (χ4n) is 5.79. The summed E-state index contributed by atoms with van der Waals surface area (Å²) in [6, 6.07) is 7.73. The van der Waals surface area contributed by atoms with Crippen LogP contribution in [0, 0.1) is 5.82 Å². The van der Waals surface area contributed by atoms with E-state index in [1.807, 2.05) is 60.6 Å². The molecule has 5 heterocycles. The van der Waals surface area contributed by atoms with Crippen LogP contribution >= 0.6 is 11.3 Å². The Kier molecular flexibility index (Phi) is 8.42. The lowest BCUT2D eigenvalue weighted by molar-refractivity contribution is 0.00578. The molecule has 4 aromatic rings. The zero-order valence-corrected chi connectivity index (χ0v) is 28.9. The van der Waals surface area contributed by atoms with Gasteiger partial charge in [0.25, 0.3) is 5.91 Å². The predicted octanol–water partition coefficient (Wildman–Crippen LogP) is 5.58. The summed E-state index contributed by atoms with van der Waals surface area (Å²) >= 11 is 1.50. The van der Waals surface area contributed by atoms with Gasteiger partial charge in [0.2, 0.25) is 0 Å². The smallest absolute Gasteiger partial charge is 0.444 e. The number of hydrogen-bond acceptors (Lipinski definition) is 9. The molecule has 2 saturated heterocycles. The minimum absolute atomic E-state index is 0.118. The SMILES string of the molecule is Cn1cc(-c2ccc(C(=O)N(c3nccc4sc(B5OC(C)(C)C(C)(C)O5)cc34)[C@@H]3CCCN(C(=O)OC(C)(C)C)C3)c(F)c2)nn1. The molecule has 248 valence electrons. The van der Waals surface area contributed by atoms with Crippen molar-refractivity contribution in [3.8, 4) is 11.3 Å². The van der Waals surface area contributed by atoms with Gasteiger partial charge in [-0.25, -0.2) is 14.2 Å². The molecule has 14 heteroatoms. The second-order valence-corrected chi connectivity index (χ2v) is 15.3. The number of hydrogen-bond donors (Lipinski definition) is 0. The molecule has 1 aromatic carbocycles. The van der Waals surface area contributed by atoms with Crippen LogP contribution in [0.4, 0.5) is 15.0 Å². The number of halogens is 1. The van der Waals surface area contributed by atoms with Crippen molar-refractivity contribution in [2.75, 3.05) is 18.0 Å². The lowest BCUT2D eigenvalue weighted by Crippen LogP contribution is -2.53. The normalized spacial score (nSPS) is 19.3. The second-order valence-electron chi connectivity index (χ2n) is 14.2. The van der Waals surface area contributed by atoms with Gasteiger partial charge in [-0.3, -0.25) is 14.4 Å². The maximum absolute atomic E-state index is 15.9. The van der Waals surface area contributed by atoms with Gasteiger partial charge in [0, 0.05) is 46.8 Å². The van der Waals surface area contributed by atoms with Crippen LogP contribution in [0.5, 0.6) is 0 Å². The van der Waals surface area contributed by atoms with Gasteiger partial charge in [-0.2, -0.15) is 0 Å². The van der Waals surface area contributed by atoms with Crippen molar-refractivity contribution < 1.29 is 28.0 Å². The Balaban J connectivity index is 1.41. The lowest BCUT2D eigenvalue weighted by Gasteiger charge is -2.39. The molecule has 1 atom stereocenters. The number of nitrogens with zero attached hydrogens (tertiary/aromatic N) is 6. The standard InChI is InChI=1S/C33H40BFN6O5S/c1-31(2,3)44-30(43)40-15-9-10-21(18-40)41(29(42)22-12-11-20(16-24(22)35)25-19-39(8)38-37-25)28-23-17-27(47-26(23)13-14-36-28)34-45-32(4,5)33(6,7)46-34/h11-14,16-17,19,21H,9-10,15,18H2,1-8H3/t21-/m1/s1. The molecule has 2 aliphatic heterocycles. The summed E-state index contributed by atoms with van der Waals surface area (Å²) in [5, 5.41) is 8.71. The van der Waals surface area contributed by atoms with E-state index < -0.39 is 47.8 Å². The van der Waals surface area contributed by atoms with Gasteiger partial charge < -0.3 is 18.9 Å². The molecule has 2 fully saturated rings. The fourth-order valence-corrected chi connectivity index (χ4v) is 6.80. The number of amides is 2. The Morgan fingerprint density at radius 2 is 1.85 bits per heavy atom. The van der Waals surface area contributed by atoms with Gasteiger partial charge in [0.15, 0.2) is 0 Å². The number of rotatable bonds is 5. The third-order valence-corrected chi connectivity index (χ3v) is 10.0. The van der Waals surface area contributed by atoms with Crippen LogP contribution in [0.15, 0.2) is 42.7 Å². The number of aryl methyl sites for hydroxylation is 1. The number of ether oxygens (including phenoxy) is 1. The summed E-state index contributed by atoms with van der Waals surface area (Å²) in [4.78, 5) is 35.5. The van der Waals surface area contributed by atoms with Crippen molar-refractivity contribution in [1.82, 2.24) is 24.9 Å². The van der Waals surface area contributed by atoms with Gasteiger partial charge in [-0.05, 0) is 85.6 Å². The molecule has 47 heavy (non-hydrogen) atoms. The third-order valence-electron chi connectivity index (χ3n) is 8.89. The molecule has 2 aliphatic rings. The minimum atomic E-state index is -0.696. The maximum atomic E-state index is 15.9. The van der Waals surface area contributed by atoms with Crippen molar-refractivity contribution in [2.24, 2.45) is 7.05 Å². The van der Waals surface area contributed by atoms with Crippen molar-refractivity contribution >= 4 is 51.1 Å². The third kappa shape index (κ3) is 6.50. The summed E-state index contributed by atoms with van der Waals surface area (Å²) in [5.41, 5.74) is -0.869. The number of anilines is 1. The molecule has 2 amide bonds. The Bertz CT molecular complexity index is 1820. The number of aromatic nitrogens is 4. The van der Waals surface area contributed by atoms with Crippen LogP contribution in [0.25, 0.3) is 21.3 Å². The summed E-state index contributed by atoms with van der Waals surface area (Å²) in [6.07, 6.45) is 4.06. The van der Waals surface area contributed by atoms with E-state index in [0.717, 1.165) is 9.48 Å². The number of pyridine rings is 1. The molecule has 11 nitrogen and oxygen atoms in total. The predicted molar refractivity (Wildman–Crippen MR) is 179 cm³/mol. The van der Waals surface area contributed by atoms with Gasteiger partial charge in [-0.1, -0.05) is 11.3 Å². The molecule has 0 unspecified atom stereocenters. The highest BCUT2D eigenvalue weighted by Crippen LogP contribution is 2.39. The van der Waals surface area contributed by atoms with Gasteiger partial charge in [0.05, 0.1) is 29.0 Å². The number of piperidine rings is 1. The summed E-state index contributed by atoms with van der Waals surface area (Å²) in [7, 11) is 1.13. The topological polar surface area (TPSA) is 112 Å². The highest BCUT2D eigenvalue weighted by molar-refractivity contribution is 7.28. The monoisotopic (exact) mass is 662 g/mol. The van der Waals surface area contributed by atoms with E-state index in [4.69, 9.17) is 19.0 Å². The highest BCUT2D eigenvalue weighted by Gasteiger charge is 2.52. The highest BCUT2D eigenvalue weighted by atomic mass is 32.1. The molecule has 0 spiro atoms. The van der Waals surface area contributed by atoms with E-state index in [9.17, 15) is 9.59 Å². The van der Waals surface area contributed by atoms with Gasteiger partial charge in [0.1, 0.15) is 22.9 Å². The number of thiophene rings is 1. The molecule has 6 rings (SSSR count). The molecular weight excluding hydrogens is 622 g/mol. The minimum Gasteiger partial charge on any atom is -0.444 e. The van der Waals surface area contributed by atoms with Gasteiger partial charge in [-0.15, -0.1) is 16.4 Å². The van der Waals surface area contributed by atoms with E-state index in [1.54, 1.807) is 35.3 Å². The average Bonchev–Trinajstić information content (AvgIpc) is 3.68. The average molecular weight is 663 g/mol. The molecule has 0 aliphatic carbocycles. The number of fused-ring (bicyclic) bond motifs is 1. The molecular formula is C33H40BFN6O5S. The number of carbonyl (C=O) groups excluding carboxylic acids is 2. The van der Waals surface area contributed by atoms with E-state index in [1.165, 1.54) is 28.2 Å². The van der Waals surface area contributed by atoms with E-state index in [0.29, 0.717) is 41.8 Å². The summed E-state index contributed by atoms with van der Waals surface area (Å²) in [6.45, 7) is 14.1. The largest absolute Gasteiger partial charge is 0.505 e. The summed E-state index contributed by atoms with van der Waals surface area (Å²) in [5.74, 6) is -0.883. The Morgan fingerprint density at radius 1 is 1.13 bits per heavy atom. The van der Waals surface area contributed by atoms with Crippen molar-refractivity contribution in [1.29, 1.82) is 0 Å². The van der Waals surface area contributed by atoms with Crippen LogP contribution < -0.4 is 9.68 Å². The van der Waals surface area contributed by atoms with E-state index in [-0.39, 0.29) is 12.1 Å². The molecule has 0 saturated carbocycles. The summed E-state index contributed by atoms with van der Waals surface area (Å²) < 4.78 is 37.4. The Labute approximate surface area is 278 Å². The van der Waals surface area contributed by atoms with Crippen molar-refractivity contribution in [3.63, 3.8) is 0 Å². The van der Waals surface area contributed by atoms with E-state index in [2.05, 4.69) is 10.3 Å². The lowest BCUT2D eigenvalue weighted by atomic mass is 9.87. The Morgan fingerprint density at radius 3 is 2.49 bits per heavy atom. The fraction of sp³-hybridized carbons (Fsp3) is 0.485. The first-order valence-corrected chi connectivity index (χ1v) is 16.6. The zero-order chi connectivity index (χ0) is 33.9. The second kappa shape index (κ2) is 12.0. The quantitative estimate of drug-likeness (QED) is 0.255. The van der Waals surface area contributed by atoms with Crippen LogP contribution in [0.2, 0.25) is 0 Å². The molecule has 3 aromatic heterocycles. The van der Waals surface area contributed by atoms with Crippen LogP contribution in [0.3, 0.4) is 0 Å². The van der Waals surface area contributed by atoms with Crippen molar-refractivity contribution in [2.45, 2.75) is 84.2 Å². The molecule has 0 N–H and O–H groups in total.